The lowest BCUT2D eigenvalue weighted by Crippen LogP contribution is -2.53. The Hall–Kier alpha value is -1.46. The van der Waals surface area contributed by atoms with Crippen LogP contribution in [-0.4, -0.2) is 38.6 Å². The van der Waals surface area contributed by atoms with Gasteiger partial charge in [-0.3, -0.25) is 0 Å². The molecule has 1 aliphatic heterocycles. The summed E-state index contributed by atoms with van der Waals surface area (Å²) in [7, 11) is 4.87. The monoisotopic (exact) mass is 321 g/mol. The highest BCUT2D eigenvalue weighted by molar-refractivity contribution is 5.54. The molecule has 2 N–H and O–H groups in total. The lowest BCUT2D eigenvalue weighted by molar-refractivity contribution is -0.0861. The van der Waals surface area contributed by atoms with Crippen molar-refractivity contribution in [2.75, 3.05) is 27.9 Å². The number of piperidine rings is 1. The maximum Gasteiger partial charge on any atom is 0.203 e. The van der Waals surface area contributed by atoms with Crippen molar-refractivity contribution in [3.05, 3.63) is 17.7 Å². The molecule has 2 fully saturated rings. The minimum atomic E-state index is -0.547. The maximum atomic E-state index is 11.0. The van der Waals surface area contributed by atoms with Gasteiger partial charge in [0.1, 0.15) is 0 Å². The second-order valence-electron chi connectivity index (χ2n) is 6.60. The van der Waals surface area contributed by atoms with Gasteiger partial charge < -0.3 is 24.6 Å². The molecule has 3 rings (SSSR count). The summed E-state index contributed by atoms with van der Waals surface area (Å²) in [5, 5.41) is 14.6. The molecule has 2 unspecified atom stereocenters. The number of fused-ring (bicyclic) bond motifs is 1. The van der Waals surface area contributed by atoms with E-state index < -0.39 is 5.60 Å². The zero-order valence-electron chi connectivity index (χ0n) is 14.2. The first-order valence-electron chi connectivity index (χ1n) is 8.38. The van der Waals surface area contributed by atoms with Crippen LogP contribution < -0.4 is 19.5 Å². The molecule has 23 heavy (non-hydrogen) atoms. The van der Waals surface area contributed by atoms with Crippen LogP contribution in [0.25, 0.3) is 0 Å². The summed E-state index contributed by atoms with van der Waals surface area (Å²) in [5.74, 6) is 2.16. The topological polar surface area (TPSA) is 60.0 Å². The first kappa shape index (κ1) is 16.4. The first-order valence-corrected chi connectivity index (χ1v) is 8.38. The lowest BCUT2D eigenvalue weighted by atomic mass is 9.67. The van der Waals surface area contributed by atoms with Crippen molar-refractivity contribution in [1.82, 2.24) is 5.32 Å². The average molecular weight is 321 g/mol. The van der Waals surface area contributed by atoms with Gasteiger partial charge in [0.2, 0.25) is 5.75 Å². The second-order valence-corrected chi connectivity index (χ2v) is 6.60. The summed E-state index contributed by atoms with van der Waals surface area (Å²) >= 11 is 0. The van der Waals surface area contributed by atoms with Crippen molar-refractivity contribution in [1.29, 1.82) is 0 Å². The van der Waals surface area contributed by atoms with E-state index >= 15 is 0 Å². The molecule has 1 aromatic carbocycles. The van der Waals surface area contributed by atoms with Gasteiger partial charge in [0.05, 0.1) is 26.9 Å². The van der Waals surface area contributed by atoms with E-state index in [0.29, 0.717) is 17.2 Å². The Morgan fingerprint density at radius 2 is 1.74 bits per heavy atom. The summed E-state index contributed by atoms with van der Waals surface area (Å²) in [6.07, 6.45) is 5.08. The SMILES string of the molecule is COc1cc([C@@H]2NCCC3(O)CCCCC23)cc(OC)c1OC. The number of methoxy groups -OCH3 is 3. The Bertz CT molecular complexity index is 533. The second kappa shape index (κ2) is 6.57. The molecule has 1 saturated carbocycles. The fourth-order valence-electron chi connectivity index (χ4n) is 4.25. The van der Waals surface area contributed by atoms with Crippen LogP contribution in [0, 0.1) is 5.92 Å². The summed E-state index contributed by atoms with van der Waals surface area (Å²) < 4.78 is 16.4. The maximum absolute atomic E-state index is 11.0. The van der Waals surface area contributed by atoms with Gasteiger partial charge in [0.25, 0.3) is 0 Å². The van der Waals surface area contributed by atoms with Crippen LogP contribution in [0.2, 0.25) is 0 Å². The molecule has 1 saturated heterocycles. The standard InChI is InChI=1S/C18H27NO4/c1-21-14-10-12(11-15(22-2)17(14)23-3)16-13-6-4-5-7-18(13,20)8-9-19-16/h10-11,13,16,19-20H,4-9H2,1-3H3/t13?,16-,18?/m0/s1. The predicted molar refractivity (Wildman–Crippen MR) is 88.4 cm³/mol. The van der Waals surface area contributed by atoms with Gasteiger partial charge in [-0.05, 0) is 43.5 Å². The number of rotatable bonds is 4. The van der Waals surface area contributed by atoms with Crippen molar-refractivity contribution >= 4 is 0 Å². The van der Waals surface area contributed by atoms with Crippen molar-refractivity contribution in [2.24, 2.45) is 5.92 Å². The number of hydrogen-bond acceptors (Lipinski definition) is 5. The van der Waals surface area contributed by atoms with Crippen LogP contribution >= 0.6 is 0 Å². The molecule has 0 spiro atoms. The van der Waals surface area contributed by atoms with E-state index in [2.05, 4.69) is 5.32 Å². The molecule has 5 heteroatoms. The van der Waals surface area contributed by atoms with Gasteiger partial charge in [-0.15, -0.1) is 0 Å². The van der Waals surface area contributed by atoms with Crippen LogP contribution in [0.15, 0.2) is 12.1 Å². The molecule has 1 aliphatic carbocycles. The highest BCUT2D eigenvalue weighted by Gasteiger charge is 2.46. The normalized spacial score (nSPS) is 30.4. The Morgan fingerprint density at radius 3 is 2.35 bits per heavy atom. The van der Waals surface area contributed by atoms with Gasteiger partial charge in [-0.25, -0.2) is 0 Å². The Kier molecular flexibility index (Phi) is 4.69. The minimum absolute atomic E-state index is 0.114. The fourth-order valence-corrected chi connectivity index (χ4v) is 4.25. The van der Waals surface area contributed by atoms with Crippen molar-refractivity contribution in [2.45, 2.75) is 43.7 Å². The third-order valence-electron chi connectivity index (χ3n) is 5.44. The van der Waals surface area contributed by atoms with E-state index in [-0.39, 0.29) is 12.0 Å². The first-order chi connectivity index (χ1) is 11.1. The van der Waals surface area contributed by atoms with Gasteiger partial charge >= 0.3 is 0 Å². The summed E-state index contributed by atoms with van der Waals surface area (Å²) in [4.78, 5) is 0. The Labute approximate surface area is 137 Å². The van der Waals surface area contributed by atoms with Crippen LogP contribution in [0.4, 0.5) is 0 Å². The smallest absolute Gasteiger partial charge is 0.203 e. The van der Waals surface area contributed by atoms with Crippen LogP contribution in [0.5, 0.6) is 17.2 Å². The van der Waals surface area contributed by atoms with E-state index in [1.165, 1.54) is 6.42 Å². The largest absolute Gasteiger partial charge is 0.493 e. The number of ether oxygens (including phenoxy) is 3. The number of hydrogen-bond donors (Lipinski definition) is 2. The molecule has 3 atom stereocenters. The highest BCUT2D eigenvalue weighted by Crippen LogP contribution is 2.48. The molecule has 1 heterocycles. The molecule has 5 nitrogen and oxygen atoms in total. The summed E-state index contributed by atoms with van der Waals surface area (Å²) in [5.41, 5.74) is 0.540. The van der Waals surface area contributed by atoms with Crippen molar-refractivity contribution < 1.29 is 19.3 Å². The van der Waals surface area contributed by atoms with Gasteiger partial charge in [0.15, 0.2) is 11.5 Å². The molecular weight excluding hydrogens is 294 g/mol. The van der Waals surface area contributed by atoms with E-state index in [1.807, 2.05) is 12.1 Å². The number of aliphatic hydroxyl groups is 1. The highest BCUT2D eigenvalue weighted by atomic mass is 16.5. The van der Waals surface area contributed by atoms with E-state index in [9.17, 15) is 5.11 Å². The molecule has 0 radical (unpaired) electrons. The quantitative estimate of drug-likeness (QED) is 0.893. The molecular formula is C18H27NO4. The van der Waals surface area contributed by atoms with Gasteiger partial charge in [-0.1, -0.05) is 12.8 Å². The third kappa shape index (κ3) is 2.88. The lowest BCUT2D eigenvalue weighted by Gasteiger charge is -2.48. The Balaban J connectivity index is 2.00. The zero-order chi connectivity index (χ0) is 16.4. The Morgan fingerprint density at radius 1 is 1.04 bits per heavy atom. The van der Waals surface area contributed by atoms with Crippen LogP contribution in [-0.2, 0) is 0 Å². The third-order valence-corrected chi connectivity index (χ3v) is 5.44. The summed E-state index contributed by atoms with van der Waals surface area (Å²) in [6, 6.07) is 4.11. The van der Waals surface area contributed by atoms with Crippen LogP contribution in [0.1, 0.15) is 43.7 Å². The summed E-state index contributed by atoms with van der Waals surface area (Å²) in [6.45, 7) is 0.828. The predicted octanol–water partition coefficient (Wildman–Crippen LogP) is 2.67. The molecule has 2 aliphatic rings. The van der Waals surface area contributed by atoms with E-state index in [0.717, 1.165) is 37.8 Å². The molecule has 0 aromatic heterocycles. The fraction of sp³-hybridized carbons (Fsp3) is 0.667. The molecule has 0 amide bonds. The van der Waals surface area contributed by atoms with E-state index in [1.54, 1.807) is 21.3 Å². The van der Waals surface area contributed by atoms with Crippen LogP contribution in [0.3, 0.4) is 0 Å². The van der Waals surface area contributed by atoms with Gasteiger partial charge in [-0.2, -0.15) is 0 Å². The molecule has 128 valence electrons. The van der Waals surface area contributed by atoms with Crippen molar-refractivity contribution in [3.8, 4) is 17.2 Å². The minimum Gasteiger partial charge on any atom is -0.493 e. The number of nitrogens with one attached hydrogen (secondary N) is 1. The van der Waals surface area contributed by atoms with E-state index in [4.69, 9.17) is 14.2 Å². The zero-order valence-corrected chi connectivity index (χ0v) is 14.2. The number of benzene rings is 1. The van der Waals surface area contributed by atoms with Crippen molar-refractivity contribution in [3.63, 3.8) is 0 Å². The molecule has 0 bridgehead atoms. The molecule has 1 aromatic rings. The average Bonchev–Trinajstić information content (AvgIpc) is 2.59. The van der Waals surface area contributed by atoms with Gasteiger partial charge in [0, 0.05) is 12.0 Å².